The largest absolute Gasteiger partial charge is 0.483 e. The van der Waals surface area contributed by atoms with E-state index in [1.54, 1.807) is 0 Å². The summed E-state index contributed by atoms with van der Waals surface area (Å²) in [5.41, 5.74) is 3.95. The Morgan fingerprint density at radius 3 is 2.61 bits per heavy atom. The molecule has 178 valence electrons. The molecule has 12 heteroatoms. The fourth-order valence-electron chi connectivity index (χ4n) is 2.94. The molecule has 3 N–H and O–H groups in total. The Labute approximate surface area is 201 Å². The minimum Gasteiger partial charge on any atom is -0.483 e. The SMILES string of the molecule is C[C@@H](Nc1cc(F)c(S(=O)(=O)Nc2cscn2)cc1Cl)c1cccc(CN(C)C)c1.O=CO. The number of sulfonamides is 1. The van der Waals surface area contributed by atoms with Crippen LogP contribution < -0.4 is 10.0 Å². The predicted octanol–water partition coefficient (Wildman–Crippen LogP) is 4.67. The van der Waals surface area contributed by atoms with Crippen molar-refractivity contribution in [2.45, 2.75) is 24.4 Å². The van der Waals surface area contributed by atoms with E-state index in [9.17, 15) is 12.8 Å². The molecule has 0 radical (unpaired) electrons. The lowest BCUT2D eigenvalue weighted by atomic mass is 10.0. The molecular formula is C21H24ClFN4O4S2. The molecule has 33 heavy (non-hydrogen) atoms. The number of thiazole rings is 1. The summed E-state index contributed by atoms with van der Waals surface area (Å²) in [6.07, 6.45) is 0. The second-order valence-corrected chi connectivity index (χ2v) is 9.97. The molecule has 3 aromatic rings. The molecule has 0 saturated carbocycles. The topological polar surface area (TPSA) is 112 Å². The van der Waals surface area contributed by atoms with E-state index in [1.807, 2.05) is 39.2 Å². The number of nitrogens with one attached hydrogen (secondary N) is 2. The standard InChI is InChI=1S/C20H22ClFN4O2S2.CH2O2/c1-13(15-6-4-5-14(7-15)10-26(2)3)24-18-9-17(22)19(8-16(18)21)30(27,28)25-20-11-29-12-23-20;2-1-3/h4-9,11-13,24-25H,10H2,1-3H3;1H,(H,2,3)/t13-;/m1./s1. The minimum absolute atomic E-state index is 0.103. The Kier molecular flexibility index (Phi) is 9.59. The maximum Gasteiger partial charge on any atom is 0.290 e. The van der Waals surface area contributed by atoms with Gasteiger partial charge in [-0.05, 0) is 44.3 Å². The van der Waals surface area contributed by atoms with Gasteiger partial charge in [0.25, 0.3) is 16.5 Å². The monoisotopic (exact) mass is 514 g/mol. The van der Waals surface area contributed by atoms with Gasteiger partial charge in [-0.2, -0.15) is 0 Å². The number of hydrogen-bond acceptors (Lipinski definition) is 7. The summed E-state index contributed by atoms with van der Waals surface area (Å²) in [5.74, 6) is -0.776. The zero-order chi connectivity index (χ0) is 24.6. The number of benzene rings is 2. The molecule has 8 nitrogen and oxygen atoms in total. The number of halogens is 2. The smallest absolute Gasteiger partial charge is 0.290 e. The first kappa shape index (κ1) is 26.5. The van der Waals surface area contributed by atoms with E-state index in [-0.39, 0.29) is 23.4 Å². The van der Waals surface area contributed by atoms with E-state index in [1.165, 1.54) is 22.2 Å². The summed E-state index contributed by atoms with van der Waals surface area (Å²) in [5, 5.41) is 11.7. The van der Waals surface area contributed by atoms with Crippen molar-refractivity contribution in [2.24, 2.45) is 0 Å². The van der Waals surface area contributed by atoms with Gasteiger partial charge in [-0.3, -0.25) is 9.52 Å². The van der Waals surface area contributed by atoms with E-state index in [0.717, 1.165) is 29.8 Å². The van der Waals surface area contributed by atoms with Crippen LogP contribution in [0.15, 0.2) is 52.2 Å². The maximum absolute atomic E-state index is 14.7. The number of hydrogen-bond donors (Lipinski definition) is 3. The van der Waals surface area contributed by atoms with Crippen LogP contribution in [-0.2, 0) is 21.4 Å². The number of carboxylic acid groups (broad SMARTS) is 1. The summed E-state index contributed by atoms with van der Waals surface area (Å²) in [7, 11) is -0.157. The van der Waals surface area contributed by atoms with Crippen LogP contribution in [0, 0.1) is 5.82 Å². The van der Waals surface area contributed by atoms with Crippen molar-refractivity contribution in [3.63, 3.8) is 0 Å². The third-order valence-electron chi connectivity index (χ3n) is 4.30. The molecule has 0 amide bonds. The lowest BCUT2D eigenvalue weighted by molar-refractivity contribution is -0.122. The van der Waals surface area contributed by atoms with Crippen molar-refractivity contribution >= 4 is 50.9 Å². The van der Waals surface area contributed by atoms with Crippen LogP contribution in [0.5, 0.6) is 0 Å². The molecule has 0 aliphatic rings. The Bertz CT molecular complexity index is 1180. The highest BCUT2D eigenvalue weighted by Crippen LogP contribution is 2.31. The van der Waals surface area contributed by atoms with Crippen LogP contribution in [0.4, 0.5) is 15.9 Å². The van der Waals surface area contributed by atoms with E-state index in [2.05, 4.69) is 26.0 Å². The molecule has 1 aromatic heterocycles. The van der Waals surface area contributed by atoms with Gasteiger partial charge in [-0.1, -0.05) is 35.9 Å². The lowest BCUT2D eigenvalue weighted by Gasteiger charge is -2.19. The Balaban J connectivity index is 0.00000122. The quantitative estimate of drug-likeness (QED) is 0.374. The molecule has 0 fully saturated rings. The highest BCUT2D eigenvalue weighted by atomic mass is 35.5. The van der Waals surface area contributed by atoms with E-state index >= 15 is 0 Å². The van der Waals surface area contributed by atoms with Gasteiger partial charge < -0.3 is 15.3 Å². The maximum atomic E-state index is 14.7. The van der Waals surface area contributed by atoms with Crippen LogP contribution >= 0.6 is 22.9 Å². The van der Waals surface area contributed by atoms with Crippen molar-refractivity contribution in [1.82, 2.24) is 9.88 Å². The molecular weight excluding hydrogens is 491 g/mol. The molecule has 0 spiro atoms. The minimum atomic E-state index is -4.15. The lowest BCUT2D eigenvalue weighted by Crippen LogP contribution is -2.16. The zero-order valence-corrected chi connectivity index (χ0v) is 20.5. The zero-order valence-electron chi connectivity index (χ0n) is 18.1. The first-order valence-electron chi connectivity index (χ1n) is 9.55. The first-order valence-corrected chi connectivity index (χ1v) is 12.4. The highest BCUT2D eigenvalue weighted by Gasteiger charge is 2.23. The molecule has 0 bridgehead atoms. The normalized spacial score (nSPS) is 11.9. The van der Waals surface area contributed by atoms with Gasteiger partial charge in [0.05, 0.1) is 16.2 Å². The van der Waals surface area contributed by atoms with Gasteiger partial charge in [0, 0.05) is 18.0 Å². The molecule has 0 unspecified atom stereocenters. The Morgan fingerprint density at radius 2 is 2.00 bits per heavy atom. The second-order valence-electron chi connectivity index (χ2n) is 7.20. The fraction of sp³-hybridized carbons (Fsp3) is 0.238. The molecule has 3 rings (SSSR count). The van der Waals surface area contributed by atoms with E-state index < -0.39 is 20.7 Å². The van der Waals surface area contributed by atoms with Gasteiger partial charge in [0.15, 0.2) is 5.82 Å². The van der Waals surface area contributed by atoms with Crippen LogP contribution in [0.1, 0.15) is 24.1 Å². The summed E-state index contributed by atoms with van der Waals surface area (Å²) >= 11 is 7.50. The number of anilines is 2. The van der Waals surface area contributed by atoms with Gasteiger partial charge in [-0.25, -0.2) is 17.8 Å². The van der Waals surface area contributed by atoms with Gasteiger partial charge >= 0.3 is 0 Å². The molecule has 1 atom stereocenters. The van der Waals surface area contributed by atoms with Crippen molar-refractivity contribution in [3.05, 3.63) is 69.3 Å². The number of carbonyl (C=O) groups is 1. The summed E-state index contributed by atoms with van der Waals surface area (Å²) in [6.45, 7) is 2.48. The second kappa shape index (κ2) is 11.9. The Morgan fingerprint density at radius 1 is 1.30 bits per heavy atom. The van der Waals surface area contributed by atoms with Gasteiger partial charge in [0.2, 0.25) is 0 Å². The fourth-order valence-corrected chi connectivity index (χ4v) is 4.87. The average Bonchev–Trinajstić information content (AvgIpc) is 3.23. The van der Waals surface area contributed by atoms with Crippen LogP contribution in [0.25, 0.3) is 0 Å². The first-order chi connectivity index (χ1) is 15.6. The van der Waals surface area contributed by atoms with Gasteiger partial charge in [0.1, 0.15) is 10.7 Å². The van der Waals surface area contributed by atoms with Crippen molar-refractivity contribution in [1.29, 1.82) is 0 Å². The number of aromatic nitrogens is 1. The molecule has 0 aliphatic heterocycles. The number of rotatable bonds is 8. The summed E-state index contributed by atoms with van der Waals surface area (Å²) in [6, 6.07) is 10.1. The van der Waals surface area contributed by atoms with Crippen LogP contribution in [0.2, 0.25) is 5.02 Å². The molecule has 1 heterocycles. The third kappa shape index (κ3) is 7.67. The van der Waals surface area contributed by atoms with Crippen molar-refractivity contribution in [2.75, 3.05) is 24.1 Å². The Hall–Kier alpha value is -2.73. The van der Waals surface area contributed by atoms with Crippen molar-refractivity contribution < 1.29 is 22.7 Å². The molecule has 0 saturated heterocycles. The van der Waals surface area contributed by atoms with E-state index in [0.29, 0.717) is 5.69 Å². The predicted molar refractivity (Wildman–Crippen MR) is 129 cm³/mol. The van der Waals surface area contributed by atoms with Crippen molar-refractivity contribution in [3.8, 4) is 0 Å². The summed E-state index contributed by atoms with van der Waals surface area (Å²) in [4.78, 5) is 13.7. The number of nitrogens with zero attached hydrogens (tertiary/aromatic N) is 2. The van der Waals surface area contributed by atoms with E-state index in [4.69, 9.17) is 21.5 Å². The molecule has 2 aromatic carbocycles. The molecule has 0 aliphatic carbocycles. The van der Waals surface area contributed by atoms with Gasteiger partial charge in [-0.15, -0.1) is 11.3 Å². The average molecular weight is 515 g/mol. The van der Waals surface area contributed by atoms with Crippen LogP contribution in [0.3, 0.4) is 0 Å². The summed E-state index contributed by atoms with van der Waals surface area (Å²) < 4.78 is 41.9. The third-order valence-corrected chi connectivity index (χ3v) is 6.57. The van der Waals surface area contributed by atoms with Crippen LogP contribution in [-0.4, -0.2) is 44.0 Å². The highest BCUT2D eigenvalue weighted by molar-refractivity contribution is 7.92.